The number of nitro groups is 1. The molecule has 7 aromatic rings. The normalized spacial score (nSPS) is 13.9. The highest BCUT2D eigenvalue weighted by Crippen LogP contribution is 2.32. The van der Waals surface area contributed by atoms with Gasteiger partial charge in [0.25, 0.3) is 5.69 Å². The van der Waals surface area contributed by atoms with E-state index in [-0.39, 0.29) is 41.9 Å². The van der Waals surface area contributed by atoms with Gasteiger partial charge in [-0.25, -0.2) is 4.39 Å². The Morgan fingerprint density at radius 1 is 0.569 bits per heavy atom. The number of aliphatic imine (C=N–C) groups is 3. The van der Waals surface area contributed by atoms with Gasteiger partial charge in [-0.05, 0) is 61.5 Å². The van der Waals surface area contributed by atoms with Crippen LogP contribution in [0.1, 0.15) is 45.0 Å². The van der Waals surface area contributed by atoms with Crippen LogP contribution in [-0.2, 0) is 16.1 Å². The fourth-order valence-corrected chi connectivity index (χ4v) is 7.92. The number of carbonyl (C=O) groups excluding carboxylic acids is 2. The molecule has 324 valence electrons. The third-order valence-electron chi connectivity index (χ3n) is 10.8. The summed E-state index contributed by atoms with van der Waals surface area (Å²) in [6.07, 6.45) is 0. The van der Waals surface area contributed by atoms with Gasteiger partial charge >= 0.3 is 0 Å². The molecule has 1 aromatic heterocycles. The largest absolute Gasteiger partial charge is 0.313 e. The first-order chi connectivity index (χ1) is 31.4. The molecule has 0 bridgehead atoms. The summed E-state index contributed by atoms with van der Waals surface area (Å²) in [6, 6.07) is 41.4. The SMILES string of the molecule is CN1C(=O)CN=C(c2ccccc2)c2cc(Cl)ccc21.CN1C(=O)CN=C(c2ccccc2F)c2cc([N+](=O)[O-])ccc21.Cc1nnc2n1-c1ccc(Cl)cc1C(c1ccccc1)=NC2. The molecule has 0 fully saturated rings. The number of hydrogen-bond acceptors (Lipinski definition) is 9. The molecule has 2 amide bonds. The van der Waals surface area contributed by atoms with Crippen LogP contribution in [0.4, 0.5) is 21.5 Å². The van der Waals surface area contributed by atoms with Crippen molar-refractivity contribution in [3.05, 3.63) is 211 Å². The van der Waals surface area contributed by atoms with Crippen molar-refractivity contribution in [2.24, 2.45) is 15.0 Å². The molecule has 10 rings (SSSR count). The summed E-state index contributed by atoms with van der Waals surface area (Å²) in [6.45, 7) is 2.44. The number of halogens is 3. The summed E-state index contributed by atoms with van der Waals surface area (Å²) in [5.41, 5.74) is 8.65. The summed E-state index contributed by atoms with van der Waals surface area (Å²) < 4.78 is 16.2. The lowest BCUT2D eigenvalue weighted by Crippen LogP contribution is -2.27. The average molecular weight is 907 g/mol. The molecule has 13 nitrogen and oxygen atoms in total. The maximum Gasteiger partial charge on any atom is 0.270 e. The summed E-state index contributed by atoms with van der Waals surface area (Å²) >= 11 is 12.3. The zero-order valence-electron chi connectivity index (χ0n) is 35.2. The van der Waals surface area contributed by atoms with Gasteiger partial charge in [0, 0.05) is 69.7 Å². The van der Waals surface area contributed by atoms with E-state index in [0.717, 1.165) is 56.7 Å². The fraction of sp³-hybridized carbons (Fsp3) is 0.122. The monoisotopic (exact) mass is 905 g/mol. The van der Waals surface area contributed by atoms with E-state index in [2.05, 4.69) is 32.3 Å². The number of nitrogens with zero attached hydrogens (tertiary/aromatic N) is 9. The van der Waals surface area contributed by atoms with E-state index in [1.165, 1.54) is 35.2 Å². The standard InChI is InChI=1S/C17H13ClN4.C16H13ClN2O.C16H12FN3O3/c1-11-20-21-16-10-19-17(12-5-3-2-4-6-12)14-9-13(18)7-8-15(14)22(11)16;1-19-14-8-7-12(17)9-13(14)16(18-10-15(19)20)11-5-3-2-4-6-11;1-19-14-7-6-10(20(22)23)8-12(14)16(18-9-15(19)21)11-4-2-3-5-13(11)17/h2-9H,10H2,1H3;2-9H,10H2,1H3;2-8H,9H2,1H3. The molecule has 65 heavy (non-hydrogen) atoms. The van der Waals surface area contributed by atoms with Crippen LogP contribution >= 0.6 is 23.2 Å². The predicted octanol–water partition coefficient (Wildman–Crippen LogP) is 9.28. The van der Waals surface area contributed by atoms with Gasteiger partial charge in [-0.15, -0.1) is 10.2 Å². The van der Waals surface area contributed by atoms with Gasteiger partial charge < -0.3 is 9.80 Å². The average Bonchev–Trinajstić information content (AvgIpc) is 3.45. The van der Waals surface area contributed by atoms with Crippen LogP contribution in [0.25, 0.3) is 5.69 Å². The molecule has 0 aliphatic carbocycles. The molecule has 0 unspecified atom stereocenters. The summed E-state index contributed by atoms with van der Waals surface area (Å²) in [4.78, 5) is 51.0. The summed E-state index contributed by atoms with van der Waals surface area (Å²) in [7, 11) is 3.32. The van der Waals surface area contributed by atoms with E-state index in [1.807, 2.05) is 90.4 Å². The Labute approximate surface area is 383 Å². The second kappa shape index (κ2) is 19.0. The molecule has 4 heterocycles. The van der Waals surface area contributed by atoms with Crippen molar-refractivity contribution in [3.63, 3.8) is 0 Å². The van der Waals surface area contributed by atoms with Gasteiger partial charge in [0.2, 0.25) is 11.8 Å². The van der Waals surface area contributed by atoms with Crippen LogP contribution in [0.3, 0.4) is 0 Å². The molecule has 0 saturated carbocycles. The maximum absolute atomic E-state index is 14.1. The van der Waals surface area contributed by atoms with Gasteiger partial charge in [0.15, 0.2) is 5.82 Å². The zero-order valence-corrected chi connectivity index (χ0v) is 36.7. The van der Waals surface area contributed by atoms with Gasteiger partial charge in [0.1, 0.15) is 31.3 Å². The minimum atomic E-state index is -0.536. The quantitative estimate of drug-likeness (QED) is 0.127. The number of anilines is 2. The Bertz CT molecular complexity index is 3080. The Hall–Kier alpha value is -7.68. The minimum absolute atomic E-state index is 0.0282. The topological polar surface area (TPSA) is 152 Å². The van der Waals surface area contributed by atoms with E-state index < -0.39 is 10.7 Å². The van der Waals surface area contributed by atoms with Crippen molar-refractivity contribution in [1.82, 2.24) is 14.8 Å². The number of nitro benzene ring substituents is 1. The molecule has 0 N–H and O–H groups in total. The molecule has 6 aromatic carbocycles. The number of hydrogen-bond donors (Lipinski definition) is 0. The highest BCUT2D eigenvalue weighted by molar-refractivity contribution is 6.32. The Morgan fingerprint density at radius 3 is 1.62 bits per heavy atom. The Morgan fingerprint density at radius 2 is 1.05 bits per heavy atom. The first-order valence-corrected chi connectivity index (χ1v) is 21.0. The lowest BCUT2D eigenvalue weighted by Gasteiger charge is -2.18. The number of benzene rings is 6. The fourth-order valence-electron chi connectivity index (χ4n) is 7.57. The highest BCUT2D eigenvalue weighted by Gasteiger charge is 2.27. The zero-order chi connectivity index (χ0) is 45.8. The Kier molecular flexibility index (Phi) is 12.8. The van der Waals surface area contributed by atoms with Crippen molar-refractivity contribution in [2.45, 2.75) is 13.5 Å². The van der Waals surface area contributed by atoms with Crippen LogP contribution in [0.5, 0.6) is 0 Å². The number of aryl methyl sites for hydroxylation is 1. The van der Waals surface area contributed by atoms with Gasteiger partial charge in [-0.2, -0.15) is 0 Å². The van der Waals surface area contributed by atoms with Crippen molar-refractivity contribution in [2.75, 3.05) is 37.0 Å². The molecular formula is C49H38Cl2FN9O4. The van der Waals surface area contributed by atoms with Crippen LogP contribution < -0.4 is 9.80 Å². The summed E-state index contributed by atoms with van der Waals surface area (Å²) in [5.74, 6) is 0.891. The van der Waals surface area contributed by atoms with E-state index in [1.54, 1.807) is 37.2 Å². The summed E-state index contributed by atoms with van der Waals surface area (Å²) in [5, 5.41) is 20.8. The number of benzodiazepines with no additional fused rings is 2. The molecule has 0 atom stereocenters. The first-order valence-electron chi connectivity index (χ1n) is 20.2. The predicted molar refractivity (Wildman–Crippen MR) is 252 cm³/mol. The lowest BCUT2D eigenvalue weighted by atomic mass is 9.99. The molecule has 3 aliphatic rings. The third kappa shape index (κ3) is 9.21. The first kappa shape index (κ1) is 43.9. The lowest BCUT2D eigenvalue weighted by molar-refractivity contribution is -0.384. The van der Waals surface area contributed by atoms with Crippen molar-refractivity contribution >= 4 is 69.2 Å². The molecular weight excluding hydrogens is 869 g/mol. The number of rotatable bonds is 4. The number of non-ortho nitro benzene ring substituents is 1. The molecule has 0 saturated heterocycles. The van der Waals surface area contributed by atoms with Gasteiger partial charge in [0.05, 0.1) is 39.1 Å². The van der Waals surface area contributed by atoms with Gasteiger partial charge in [-0.3, -0.25) is 39.2 Å². The number of fused-ring (bicyclic) bond motifs is 5. The van der Waals surface area contributed by atoms with Gasteiger partial charge in [-0.1, -0.05) is 96.0 Å². The number of carbonyl (C=O) groups is 2. The third-order valence-corrected chi connectivity index (χ3v) is 11.3. The second-order valence-electron chi connectivity index (χ2n) is 14.9. The molecule has 0 spiro atoms. The Balaban J connectivity index is 0.000000133. The maximum atomic E-state index is 14.1. The number of likely N-dealkylation sites (N-methyl/N-ethyl adjacent to an activating group) is 2. The van der Waals surface area contributed by atoms with Crippen molar-refractivity contribution < 1.29 is 18.9 Å². The van der Waals surface area contributed by atoms with E-state index in [4.69, 9.17) is 28.2 Å². The van der Waals surface area contributed by atoms with Crippen LogP contribution in [0, 0.1) is 22.9 Å². The van der Waals surface area contributed by atoms with Crippen molar-refractivity contribution in [1.29, 1.82) is 0 Å². The molecule has 0 radical (unpaired) electrons. The van der Waals surface area contributed by atoms with E-state index in [0.29, 0.717) is 27.8 Å². The van der Waals surface area contributed by atoms with Crippen LogP contribution in [0.15, 0.2) is 155 Å². The van der Waals surface area contributed by atoms with Crippen LogP contribution in [-0.4, -0.2) is 75.8 Å². The molecule has 16 heteroatoms. The van der Waals surface area contributed by atoms with E-state index >= 15 is 0 Å². The highest BCUT2D eigenvalue weighted by atomic mass is 35.5. The minimum Gasteiger partial charge on any atom is -0.313 e. The smallest absolute Gasteiger partial charge is 0.270 e. The molecule has 3 aliphatic heterocycles. The second-order valence-corrected chi connectivity index (χ2v) is 15.8. The van der Waals surface area contributed by atoms with E-state index in [9.17, 15) is 24.1 Å². The van der Waals surface area contributed by atoms with Crippen molar-refractivity contribution in [3.8, 4) is 5.69 Å². The van der Waals surface area contributed by atoms with Crippen LogP contribution in [0.2, 0.25) is 10.0 Å². The number of aromatic nitrogens is 3. The number of amides is 2.